The van der Waals surface area contributed by atoms with Crippen LogP contribution in [0.4, 0.5) is 5.82 Å². The van der Waals surface area contributed by atoms with Crippen molar-refractivity contribution in [1.82, 2.24) is 29.3 Å². The van der Waals surface area contributed by atoms with Crippen LogP contribution in [0.3, 0.4) is 0 Å². The molecule has 1 atom stereocenters. The molecule has 0 radical (unpaired) electrons. The van der Waals surface area contributed by atoms with Crippen molar-refractivity contribution in [2.24, 2.45) is 0 Å². The third kappa shape index (κ3) is 7.41. The second-order valence-electron chi connectivity index (χ2n) is 10.2. The number of piperazine rings is 1. The van der Waals surface area contributed by atoms with Gasteiger partial charge in [0.15, 0.2) is 11.5 Å². The fourth-order valence-electron chi connectivity index (χ4n) is 5.03. The molecule has 43 heavy (non-hydrogen) atoms. The molecule has 222 valence electrons. The van der Waals surface area contributed by atoms with Gasteiger partial charge in [-0.2, -0.15) is 0 Å². The molecule has 8 heteroatoms. The van der Waals surface area contributed by atoms with Crippen molar-refractivity contribution < 1.29 is 4.79 Å². The van der Waals surface area contributed by atoms with Crippen molar-refractivity contribution in [1.29, 1.82) is 0 Å². The second kappa shape index (κ2) is 15.0. The number of imidazole rings is 1. The predicted molar refractivity (Wildman–Crippen MR) is 177 cm³/mol. The second-order valence-corrected chi connectivity index (χ2v) is 10.2. The first-order chi connectivity index (χ1) is 21.0. The summed E-state index contributed by atoms with van der Waals surface area (Å²) in [6.45, 7) is 13.6. The van der Waals surface area contributed by atoms with Crippen molar-refractivity contribution >= 4 is 23.3 Å². The van der Waals surface area contributed by atoms with Crippen LogP contribution in [0.15, 0.2) is 97.7 Å². The lowest BCUT2D eigenvalue weighted by Gasteiger charge is -2.37. The summed E-state index contributed by atoms with van der Waals surface area (Å²) in [4.78, 5) is 28.3. The monoisotopic (exact) mass is 575 g/mol. The Kier molecular flexibility index (Phi) is 10.9. The van der Waals surface area contributed by atoms with Crippen LogP contribution in [0.1, 0.15) is 26.3 Å². The molecule has 0 bridgehead atoms. The fraction of sp³-hybridized carbons (Fsp3) is 0.257. The molecule has 2 aromatic carbocycles. The standard InChI is InChI=1S/C30H31N7.C3H4O.C2H6/c1-21-19-36(18-17-35(21)2)20-22-10-12-24(13-11-22)37-29(25-9-6-16-32-28(25)31)34-27-15-14-26(33-30(27)37)23-7-4-3-5-8-23;1-2-3-4;1-2/h3-16,21H,17-20H2,1-2H3,(H2,31,32);2-3H,1H2;1-2H3. The molecule has 2 N–H and O–H groups in total. The Morgan fingerprint density at radius 1 is 0.953 bits per heavy atom. The van der Waals surface area contributed by atoms with Gasteiger partial charge in [-0.15, -0.1) is 0 Å². The Morgan fingerprint density at radius 2 is 1.67 bits per heavy atom. The van der Waals surface area contributed by atoms with Gasteiger partial charge in [0.05, 0.1) is 11.3 Å². The van der Waals surface area contributed by atoms with E-state index in [-0.39, 0.29) is 0 Å². The Bertz CT molecular complexity index is 1620. The summed E-state index contributed by atoms with van der Waals surface area (Å²) in [6, 6.07) is 27.4. The quantitative estimate of drug-likeness (QED) is 0.189. The molecule has 1 unspecified atom stereocenters. The van der Waals surface area contributed by atoms with Gasteiger partial charge < -0.3 is 10.6 Å². The van der Waals surface area contributed by atoms with Gasteiger partial charge in [-0.05, 0) is 62.0 Å². The molecule has 3 aromatic heterocycles. The molecule has 1 aliphatic heterocycles. The number of rotatable bonds is 6. The highest BCUT2D eigenvalue weighted by molar-refractivity contribution is 5.84. The molecule has 0 saturated carbocycles. The first kappa shape index (κ1) is 31.3. The van der Waals surface area contributed by atoms with Crippen LogP contribution < -0.4 is 5.73 Å². The van der Waals surface area contributed by atoms with Crippen LogP contribution in [-0.4, -0.2) is 68.3 Å². The van der Waals surface area contributed by atoms with E-state index in [1.54, 1.807) is 6.20 Å². The predicted octanol–water partition coefficient (Wildman–Crippen LogP) is 6.27. The molecular weight excluding hydrogens is 534 g/mol. The summed E-state index contributed by atoms with van der Waals surface area (Å²) < 4.78 is 2.09. The molecule has 8 nitrogen and oxygen atoms in total. The zero-order valence-corrected chi connectivity index (χ0v) is 25.5. The summed E-state index contributed by atoms with van der Waals surface area (Å²) in [5.74, 6) is 1.18. The molecule has 0 aliphatic carbocycles. The number of anilines is 1. The van der Waals surface area contributed by atoms with Crippen LogP contribution in [0, 0.1) is 0 Å². The summed E-state index contributed by atoms with van der Waals surface area (Å²) >= 11 is 0. The Morgan fingerprint density at radius 3 is 2.33 bits per heavy atom. The molecule has 1 fully saturated rings. The van der Waals surface area contributed by atoms with E-state index in [4.69, 9.17) is 20.5 Å². The highest BCUT2D eigenvalue weighted by atomic mass is 16.1. The molecule has 4 heterocycles. The smallest absolute Gasteiger partial charge is 0.165 e. The maximum absolute atomic E-state index is 9.06. The highest BCUT2D eigenvalue weighted by Gasteiger charge is 2.21. The summed E-state index contributed by atoms with van der Waals surface area (Å²) in [5.41, 5.74) is 13.0. The first-order valence-electron chi connectivity index (χ1n) is 14.7. The molecular formula is C35H41N7O. The van der Waals surface area contributed by atoms with Gasteiger partial charge in [-0.3, -0.25) is 14.3 Å². The average Bonchev–Trinajstić information content (AvgIpc) is 3.43. The van der Waals surface area contributed by atoms with E-state index in [9.17, 15) is 0 Å². The van der Waals surface area contributed by atoms with E-state index >= 15 is 0 Å². The molecule has 0 spiro atoms. The maximum atomic E-state index is 9.06. The van der Waals surface area contributed by atoms with E-state index in [1.165, 1.54) is 11.6 Å². The van der Waals surface area contributed by atoms with E-state index in [0.29, 0.717) is 18.1 Å². The number of benzene rings is 2. The number of fused-ring (bicyclic) bond motifs is 1. The van der Waals surface area contributed by atoms with Gasteiger partial charge in [-0.25, -0.2) is 15.0 Å². The molecule has 1 aliphatic rings. The van der Waals surface area contributed by atoms with Gasteiger partial charge in [-0.1, -0.05) is 62.9 Å². The lowest BCUT2D eigenvalue weighted by Crippen LogP contribution is -2.49. The number of carbonyl (C=O) groups excluding carboxylic acids is 1. The number of nitrogens with zero attached hydrogens (tertiary/aromatic N) is 6. The van der Waals surface area contributed by atoms with E-state index in [2.05, 4.69) is 76.3 Å². The van der Waals surface area contributed by atoms with Gasteiger partial charge in [0.25, 0.3) is 0 Å². The van der Waals surface area contributed by atoms with E-state index in [0.717, 1.165) is 65.7 Å². The summed E-state index contributed by atoms with van der Waals surface area (Å²) in [5, 5.41) is 0. The number of hydrogen-bond acceptors (Lipinski definition) is 7. The van der Waals surface area contributed by atoms with Crippen LogP contribution in [-0.2, 0) is 11.3 Å². The SMILES string of the molecule is C=CC=O.CC.CC1CN(Cc2ccc(-n3c(-c4cccnc4N)nc4ccc(-c5ccccc5)nc43)cc2)CCN1C. The topological polar surface area (TPSA) is 93.2 Å². The van der Waals surface area contributed by atoms with Crippen LogP contribution in [0.5, 0.6) is 0 Å². The minimum absolute atomic E-state index is 0.447. The maximum Gasteiger partial charge on any atom is 0.165 e. The number of likely N-dealkylation sites (N-methyl/N-ethyl adjacent to an activating group) is 1. The minimum atomic E-state index is 0.447. The third-order valence-electron chi connectivity index (χ3n) is 7.39. The average molecular weight is 576 g/mol. The third-order valence-corrected chi connectivity index (χ3v) is 7.39. The summed E-state index contributed by atoms with van der Waals surface area (Å²) in [6.07, 6.45) is 3.53. The van der Waals surface area contributed by atoms with Crippen LogP contribution >= 0.6 is 0 Å². The Labute approximate surface area is 254 Å². The van der Waals surface area contributed by atoms with Crippen LogP contribution in [0.2, 0.25) is 0 Å². The van der Waals surface area contributed by atoms with Crippen molar-refractivity contribution in [2.75, 3.05) is 32.4 Å². The Hall–Kier alpha value is -4.66. The molecule has 0 amide bonds. The van der Waals surface area contributed by atoms with Gasteiger partial charge in [0.2, 0.25) is 0 Å². The number of allylic oxidation sites excluding steroid dienone is 1. The van der Waals surface area contributed by atoms with Crippen LogP contribution in [0.25, 0.3) is 39.5 Å². The van der Waals surface area contributed by atoms with E-state index in [1.807, 2.05) is 56.3 Å². The van der Waals surface area contributed by atoms with Crippen molar-refractivity contribution in [3.05, 3.63) is 103 Å². The number of carbonyl (C=O) groups is 1. The summed E-state index contributed by atoms with van der Waals surface area (Å²) in [7, 11) is 2.20. The number of hydrogen-bond donors (Lipinski definition) is 1. The molecule has 1 saturated heterocycles. The van der Waals surface area contributed by atoms with Gasteiger partial charge in [0.1, 0.15) is 17.6 Å². The Balaban J connectivity index is 0.000000653. The molecule has 6 rings (SSSR count). The lowest BCUT2D eigenvalue weighted by atomic mass is 10.1. The molecule has 5 aromatic rings. The fourth-order valence-corrected chi connectivity index (χ4v) is 5.03. The number of aromatic nitrogens is 4. The first-order valence-corrected chi connectivity index (χ1v) is 14.7. The lowest BCUT2D eigenvalue weighted by molar-refractivity contribution is -0.104. The number of nitrogens with two attached hydrogens (primary N) is 1. The minimum Gasteiger partial charge on any atom is -0.383 e. The zero-order chi connectivity index (χ0) is 30.8. The van der Waals surface area contributed by atoms with Gasteiger partial charge in [0, 0.05) is 49.7 Å². The zero-order valence-electron chi connectivity index (χ0n) is 25.5. The van der Waals surface area contributed by atoms with Crippen molar-refractivity contribution in [2.45, 2.75) is 33.4 Å². The van der Waals surface area contributed by atoms with E-state index < -0.39 is 0 Å². The normalized spacial score (nSPS) is 15.1. The van der Waals surface area contributed by atoms with Crippen molar-refractivity contribution in [3.8, 4) is 28.3 Å². The number of nitrogen functional groups attached to an aromatic ring is 1. The largest absolute Gasteiger partial charge is 0.383 e. The van der Waals surface area contributed by atoms with Crippen molar-refractivity contribution in [3.63, 3.8) is 0 Å². The number of aldehydes is 1. The van der Waals surface area contributed by atoms with Gasteiger partial charge >= 0.3 is 0 Å². The number of pyridine rings is 2. The highest BCUT2D eigenvalue weighted by Crippen LogP contribution is 2.31.